The molecule has 1 aliphatic heterocycles. The number of urea groups is 1. The topological polar surface area (TPSA) is 67.9 Å². The monoisotopic (exact) mass is 374 g/mol. The van der Waals surface area contributed by atoms with Crippen molar-refractivity contribution in [3.8, 4) is 5.75 Å². The highest BCUT2D eigenvalue weighted by molar-refractivity contribution is 5.94. The van der Waals surface area contributed by atoms with Crippen LogP contribution in [-0.2, 0) is 9.53 Å². The fourth-order valence-electron chi connectivity index (χ4n) is 3.89. The number of nitrogens with one attached hydrogen (secondary N) is 1. The molecule has 1 aliphatic carbocycles. The summed E-state index contributed by atoms with van der Waals surface area (Å²) >= 11 is 0. The molecule has 0 unspecified atom stereocenters. The first-order valence-electron chi connectivity index (χ1n) is 10.1. The van der Waals surface area contributed by atoms with Crippen molar-refractivity contribution >= 4 is 17.7 Å². The molecule has 0 aromatic heterocycles. The van der Waals surface area contributed by atoms with Gasteiger partial charge >= 0.3 is 12.0 Å². The van der Waals surface area contributed by atoms with Crippen LogP contribution in [0.1, 0.15) is 46.0 Å². The third-order valence-electron chi connectivity index (χ3n) is 5.55. The van der Waals surface area contributed by atoms with Gasteiger partial charge in [0.05, 0.1) is 24.8 Å². The average molecular weight is 374 g/mol. The van der Waals surface area contributed by atoms with Crippen molar-refractivity contribution in [2.45, 2.75) is 52.1 Å². The molecular formula is C21H30N2O4. The van der Waals surface area contributed by atoms with Gasteiger partial charge in [0, 0.05) is 6.54 Å². The summed E-state index contributed by atoms with van der Waals surface area (Å²) in [4.78, 5) is 26.4. The molecule has 3 rings (SSSR count). The molecular weight excluding hydrogens is 344 g/mol. The highest BCUT2D eigenvalue weighted by Crippen LogP contribution is 2.34. The number of ether oxygens (including phenoxy) is 2. The highest BCUT2D eigenvalue weighted by atomic mass is 16.5. The van der Waals surface area contributed by atoms with Crippen LogP contribution in [0, 0.1) is 11.8 Å². The molecule has 1 atom stereocenters. The lowest BCUT2D eigenvalue weighted by atomic mass is 9.82. The first kappa shape index (κ1) is 19.5. The minimum Gasteiger partial charge on any atom is -0.486 e. The number of hydrogen-bond donors (Lipinski definition) is 1. The van der Waals surface area contributed by atoms with Gasteiger partial charge in [-0.05, 0) is 57.1 Å². The number of amides is 2. The molecule has 27 heavy (non-hydrogen) atoms. The lowest BCUT2D eigenvalue weighted by molar-refractivity contribution is -0.149. The predicted octanol–water partition coefficient (Wildman–Crippen LogP) is 3.74. The second kappa shape index (κ2) is 9.11. The number of hydrogen-bond acceptors (Lipinski definition) is 4. The number of anilines is 1. The van der Waals surface area contributed by atoms with Crippen LogP contribution >= 0.6 is 0 Å². The van der Waals surface area contributed by atoms with Gasteiger partial charge in [0.15, 0.2) is 0 Å². The number of para-hydroxylation sites is 2. The van der Waals surface area contributed by atoms with Gasteiger partial charge in [-0.1, -0.05) is 19.1 Å². The Bertz CT molecular complexity index is 655. The lowest BCUT2D eigenvalue weighted by Crippen LogP contribution is -2.49. The number of rotatable bonds is 5. The predicted molar refractivity (Wildman–Crippen MR) is 104 cm³/mol. The summed E-state index contributed by atoms with van der Waals surface area (Å²) in [5.41, 5.74) is 0.825. The third-order valence-corrected chi connectivity index (χ3v) is 5.55. The first-order chi connectivity index (χ1) is 13.1. The van der Waals surface area contributed by atoms with Crippen LogP contribution < -0.4 is 15.0 Å². The SMILES string of the molecule is CCOC(=O)C1CCC(CNC(=O)N2C[C@H](CC)Oc3ccccc32)CC1. The van der Waals surface area contributed by atoms with Gasteiger partial charge in [-0.25, -0.2) is 4.79 Å². The number of carbonyl (C=O) groups is 2. The Labute approximate surface area is 161 Å². The molecule has 0 radical (unpaired) electrons. The second-order valence-corrected chi connectivity index (χ2v) is 7.38. The van der Waals surface area contributed by atoms with Crippen LogP contribution in [-0.4, -0.2) is 37.8 Å². The summed E-state index contributed by atoms with van der Waals surface area (Å²) in [6.07, 6.45) is 4.46. The standard InChI is InChI=1S/C21H30N2O4/c1-3-17-14-23(18-7-5-6-8-19(18)27-17)21(25)22-13-15-9-11-16(12-10-15)20(24)26-4-2/h5-8,15-17H,3-4,9-14H2,1-2H3,(H,22,25)/t15?,16?,17-/m0/s1. The fraction of sp³-hybridized carbons (Fsp3) is 0.619. The Morgan fingerprint density at radius 2 is 1.93 bits per heavy atom. The van der Waals surface area contributed by atoms with E-state index in [2.05, 4.69) is 12.2 Å². The van der Waals surface area contributed by atoms with Crippen molar-refractivity contribution in [3.05, 3.63) is 24.3 Å². The molecule has 1 fully saturated rings. The van der Waals surface area contributed by atoms with Gasteiger partial charge in [-0.2, -0.15) is 0 Å². The van der Waals surface area contributed by atoms with Gasteiger partial charge in [-0.3, -0.25) is 9.69 Å². The van der Waals surface area contributed by atoms with Crippen LogP contribution in [0.25, 0.3) is 0 Å². The molecule has 0 spiro atoms. The zero-order chi connectivity index (χ0) is 19.2. The van der Waals surface area contributed by atoms with E-state index in [0.29, 0.717) is 25.6 Å². The van der Waals surface area contributed by atoms with Gasteiger partial charge in [0.25, 0.3) is 0 Å². The molecule has 1 saturated carbocycles. The van der Waals surface area contributed by atoms with E-state index >= 15 is 0 Å². The van der Waals surface area contributed by atoms with E-state index in [1.165, 1.54) is 0 Å². The van der Waals surface area contributed by atoms with E-state index in [-0.39, 0.29) is 24.0 Å². The molecule has 2 amide bonds. The first-order valence-corrected chi connectivity index (χ1v) is 10.1. The largest absolute Gasteiger partial charge is 0.486 e. The van der Waals surface area contributed by atoms with E-state index in [9.17, 15) is 9.59 Å². The zero-order valence-corrected chi connectivity index (χ0v) is 16.3. The summed E-state index contributed by atoms with van der Waals surface area (Å²) < 4.78 is 11.1. The van der Waals surface area contributed by atoms with E-state index in [1.54, 1.807) is 4.90 Å². The van der Waals surface area contributed by atoms with Crippen molar-refractivity contribution < 1.29 is 19.1 Å². The molecule has 1 aromatic carbocycles. The van der Waals surface area contributed by atoms with Crippen molar-refractivity contribution in [3.63, 3.8) is 0 Å². The quantitative estimate of drug-likeness (QED) is 0.797. The van der Waals surface area contributed by atoms with Crippen molar-refractivity contribution in [1.29, 1.82) is 0 Å². The summed E-state index contributed by atoms with van der Waals surface area (Å²) in [7, 11) is 0. The van der Waals surface area contributed by atoms with E-state index < -0.39 is 0 Å². The van der Waals surface area contributed by atoms with Crippen LogP contribution in [0.15, 0.2) is 24.3 Å². The number of carbonyl (C=O) groups excluding carboxylic acids is 2. The van der Waals surface area contributed by atoms with Gasteiger partial charge < -0.3 is 14.8 Å². The van der Waals surface area contributed by atoms with Gasteiger partial charge in [-0.15, -0.1) is 0 Å². The van der Waals surface area contributed by atoms with Gasteiger partial charge in [0.1, 0.15) is 11.9 Å². The fourth-order valence-corrected chi connectivity index (χ4v) is 3.89. The maximum absolute atomic E-state index is 12.8. The van der Waals surface area contributed by atoms with Crippen LogP contribution in [0.3, 0.4) is 0 Å². The summed E-state index contributed by atoms with van der Waals surface area (Å²) in [5.74, 6) is 1.13. The Hall–Kier alpha value is -2.24. The Morgan fingerprint density at radius 1 is 1.19 bits per heavy atom. The molecule has 0 bridgehead atoms. The number of benzene rings is 1. The van der Waals surface area contributed by atoms with Crippen molar-refractivity contribution in [1.82, 2.24) is 5.32 Å². The number of esters is 1. The third kappa shape index (κ3) is 4.73. The van der Waals surface area contributed by atoms with Crippen LogP contribution in [0.2, 0.25) is 0 Å². The van der Waals surface area contributed by atoms with Crippen LogP contribution in [0.5, 0.6) is 5.75 Å². The summed E-state index contributed by atoms with van der Waals surface area (Å²) in [5, 5.41) is 3.09. The second-order valence-electron chi connectivity index (χ2n) is 7.38. The van der Waals surface area contributed by atoms with Crippen molar-refractivity contribution in [2.24, 2.45) is 11.8 Å². The minimum atomic E-state index is -0.0736. The van der Waals surface area contributed by atoms with Crippen molar-refractivity contribution in [2.75, 3.05) is 24.6 Å². The minimum absolute atomic E-state index is 0.0191. The number of nitrogens with zero attached hydrogens (tertiary/aromatic N) is 1. The highest BCUT2D eigenvalue weighted by Gasteiger charge is 2.30. The molecule has 1 heterocycles. The van der Waals surface area contributed by atoms with E-state index in [0.717, 1.165) is 43.5 Å². The molecule has 2 aliphatic rings. The van der Waals surface area contributed by atoms with Gasteiger partial charge in [0.2, 0.25) is 0 Å². The lowest BCUT2D eigenvalue weighted by Gasteiger charge is -2.35. The number of fused-ring (bicyclic) bond motifs is 1. The maximum atomic E-state index is 12.8. The summed E-state index contributed by atoms with van der Waals surface area (Å²) in [6, 6.07) is 7.61. The van der Waals surface area contributed by atoms with E-state index in [1.807, 2.05) is 31.2 Å². The maximum Gasteiger partial charge on any atom is 0.322 e. The van der Waals surface area contributed by atoms with E-state index in [4.69, 9.17) is 9.47 Å². The average Bonchev–Trinajstić information content (AvgIpc) is 2.71. The molecule has 6 nitrogen and oxygen atoms in total. The molecule has 1 aromatic rings. The molecule has 148 valence electrons. The van der Waals surface area contributed by atoms with Crippen LogP contribution in [0.4, 0.5) is 10.5 Å². The molecule has 0 saturated heterocycles. The Morgan fingerprint density at radius 3 is 2.63 bits per heavy atom. The smallest absolute Gasteiger partial charge is 0.322 e. The zero-order valence-electron chi connectivity index (χ0n) is 16.3. The molecule has 1 N–H and O–H groups in total. The Kier molecular flexibility index (Phi) is 6.58. The summed E-state index contributed by atoms with van der Waals surface area (Å²) in [6.45, 7) is 5.55. The Balaban J connectivity index is 1.52. The molecule has 6 heteroatoms. The normalized spacial score (nSPS) is 24.5.